The second-order valence-electron chi connectivity index (χ2n) is 4.34. The van der Waals surface area contributed by atoms with E-state index in [-0.39, 0.29) is 0 Å². The Kier molecular flexibility index (Phi) is 2.46. The Bertz CT molecular complexity index is 302. The van der Waals surface area contributed by atoms with Crippen LogP contribution in [0.5, 0.6) is 0 Å². The number of rotatable bonds is 2. The van der Waals surface area contributed by atoms with Crippen molar-refractivity contribution in [1.29, 1.82) is 0 Å². The molecule has 2 N–H and O–H groups in total. The molecule has 1 saturated heterocycles. The molecule has 0 aliphatic carbocycles. The first-order valence-electron chi connectivity index (χ1n) is 5.04. The molecule has 1 aliphatic heterocycles. The fourth-order valence-electron chi connectivity index (χ4n) is 1.91. The van der Waals surface area contributed by atoms with Crippen LogP contribution in [0.25, 0.3) is 0 Å². The third-order valence-corrected chi connectivity index (χ3v) is 3.00. The minimum Gasteiger partial charge on any atom is -0.381 e. The van der Waals surface area contributed by atoms with Crippen molar-refractivity contribution in [3.05, 3.63) is 12.4 Å². The summed E-state index contributed by atoms with van der Waals surface area (Å²) >= 11 is 0. The number of imidazole rings is 1. The monoisotopic (exact) mass is 195 g/mol. The highest BCUT2D eigenvalue weighted by molar-refractivity contribution is 5.16. The molecule has 1 aromatic heterocycles. The van der Waals surface area contributed by atoms with Crippen LogP contribution in [0.15, 0.2) is 12.4 Å². The van der Waals surface area contributed by atoms with Crippen molar-refractivity contribution in [1.82, 2.24) is 9.55 Å². The average Bonchev–Trinajstić information content (AvgIpc) is 2.52. The standard InChI is InChI=1S/C10H17N3O/c1-10(2-6-14-7-3-10)8-13-5-4-12-9(13)11/h4-5H,2-3,6-8H2,1H3,(H2,11,12). The zero-order valence-corrected chi connectivity index (χ0v) is 8.57. The van der Waals surface area contributed by atoms with Gasteiger partial charge in [0.2, 0.25) is 0 Å². The molecule has 1 fully saturated rings. The second kappa shape index (κ2) is 3.61. The lowest BCUT2D eigenvalue weighted by Crippen LogP contribution is -2.31. The van der Waals surface area contributed by atoms with E-state index in [2.05, 4.69) is 11.9 Å². The van der Waals surface area contributed by atoms with Crippen LogP contribution in [0.1, 0.15) is 19.8 Å². The molecule has 1 aliphatic rings. The van der Waals surface area contributed by atoms with Gasteiger partial charge in [0.25, 0.3) is 0 Å². The largest absolute Gasteiger partial charge is 0.381 e. The normalized spacial score (nSPS) is 20.9. The zero-order chi connectivity index (χ0) is 10.0. The van der Waals surface area contributed by atoms with Crippen molar-refractivity contribution in [2.75, 3.05) is 18.9 Å². The Morgan fingerprint density at radius 2 is 2.29 bits per heavy atom. The molecule has 78 valence electrons. The van der Waals surface area contributed by atoms with Gasteiger partial charge in [-0.25, -0.2) is 4.98 Å². The summed E-state index contributed by atoms with van der Waals surface area (Å²) in [7, 11) is 0. The van der Waals surface area contributed by atoms with Gasteiger partial charge in [-0.05, 0) is 18.3 Å². The van der Waals surface area contributed by atoms with Crippen molar-refractivity contribution in [3.8, 4) is 0 Å². The fraction of sp³-hybridized carbons (Fsp3) is 0.700. The minimum atomic E-state index is 0.313. The van der Waals surface area contributed by atoms with Gasteiger partial charge in [0, 0.05) is 32.2 Å². The predicted molar refractivity (Wildman–Crippen MR) is 54.8 cm³/mol. The number of nitrogens with two attached hydrogens (primary N) is 1. The molecule has 0 atom stereocenters. The van der Waals surface area contributed by atoms with Crippen LogP contribution < -0.4 is 5.73 Å². The molecule has 2 heterocycles. The van der Waals surface area contributed by atoms with Crippen molar-refractivity contribution in [2.24, 2.45) is 5.41 Å². The highest BCUT2D eigenvalue weighted by Crippen LogP contribution is 2.31. The quantitative estimate of drug-likeness (QED) is 0.773. The zero-order valence-electron chi connectivity index (χ0n) is 8.57. The Morgan fingerprint density at radius 1 is 1.57 bits per heavy atom. The van der Waals surface area contributed by atoms with Crippen LogP contribution in [0.2, 0.25) is 0 Å². The maximum absolute atomic E-state index is 5.74. The van der Waals surface area contributed by atoms with E-state index in [1.807, 2.05) is 10.8 Å². The van der Waals surface area contributed by atoms with Gasteiger partial charge in [-0.2, -0.15) is 0 Å². The van der Waals surface area contributed by atoms with Gasteiger partial charge in [-0.1, -0.05) is 6.92 Å². The molecule has 0 saturated carbocycles. The van der Waals surface area contributed by atoms with E-state index in [0.29, 0.717) is 11.4 Å². The van der Waals surface area contributed by atoms with E-state index in [4.69, 9.17) is 10.5 Å². The van der Waals surface area contributed by atoms with Crippen LogP contribution in [0, 0.1) is 5.41 Å². The maximum atomic E-state index is 5.74. The fourth-order valence-corrected chi connectivity index (χ4v) is 1.91. The molecule has 0 radical (unpaired) electrons. The van der Waals surface area contributed by atoms with Gasteiger partial charge in [-0.3, -0.25) is 0 Å². The van der Waals surface area contributed by atoms with Gasteiger partial charge in [0.15, 0.2) is 5.95 Å². The summed E-state index contributed by atoms with van der Waals surface area (Å²) in [5, 5.41) is 0. The number of ether oxygens (including phenoxy) is 1. The summed E-state index contributed by atoms with van der Waals surface area (Å²) in [6.07, 6.45) is 5.89. The maximum Gasteiger partial charge on any atom is 0.200 e. The molecule has 0 bridgehead atoms. The summed E-state index contributed by atoms with van der Waals surface area (Å²) in [5.74, 6) is 0.609. The molecule has 0 amide bonds. The Hall–Kier alpha value is -1.03. The summed E-state index contributed by atoms with van der Waals surface area (Å²) in [5.41, 5.74) is 6.05. The number of hydrogen-bond donors (Lipinski definition) is 1. The lowest BCUT2D eigenvalue weighted by atomic mass is 9.82. The molecule has 1 aromatic rings. The minimum absolute atomic E-state index is 0.313. The number of aromatic nitrogens is 2. The molecule has 0 aromatic carbocycles. The number of nitrogen functional groups attached to an aromatic ring is 1. The first-order valence-corrected chi connectivity index (χ1v) is 5.04. The lowest BCUT2D eigenvalue weighted by molar-refractivity contribution is 0.0158. The van der Waals surface area contributed by atoms with Crippen molar-refractivity contribution >= 4 is 5.95 Å². The molecular weight excluding hydrogens is 178 g/mol. The van der Waals surface area contributed by atoms with Crippen LogP contribution in [-0.2, 0) is 11.3 Å². The van der Waals surface area contributed by atoms with Crippen LogP contribution in [0.4, 0.5) is 5.95 Å². The molecule has 4 nitrogen and oxygen atoms in total. The third-order valence-electron chi connectivity index (χ3n) is 3.00. The highest BCUT2D eigenvalue weighted by atomic mass is 16.5. The molecule has 14 heavy (non-hydrogen) atoms. The summed E-state index contributed by atoms with van der Waals surface area (Å²) in [6, 6.07) is 0. The van der Waals surface area contributed by atoms with Crippen molar-refractivity contribution < 1.29 is 4.74 Å². The summed E-state index contributed by atoms with van der Waals surface area (Å²) in [4.78, 5) is 4.02. The summed E-state index contributed by atoms with van der Waals surface area (Å²) in [6.45, 7) is 4.97. The lowest BCUT2D eigenvalue weighted by Gasteiger charge is -2.33. The van der Waals surface area contributed by atoms with E-state index in [1.54, 1.807) is 6.20 Å². The van der Waals surface area contributed by atoms with Gasteiger partial charge < -0.3 is 15.0 Å². The molecule has 4 heteroatoms. The van der Waals surface area contributed by atoms with E-state index in [0.717, 1.165) is 32.6 Å². The van der Waals surface area contributed by atoms with Crippen molar-refractivity contribution in [3.63, 3.8) is 0 Å². The number of anilines is 1. The van der Waals surface area contributed by atoms with E-state index in [9.17, 15) is 0 Å². The van der Waals surface area contributed by atoms with Crippen LogP contribution >= 0.6 is 0 Å². The predicted octanol–water partition coefficient (Wildman–Crippen LogP) is 1.28. The third kappa shape index (κ3) is 1.90. The van der Waals surface area contributed by atoms with Crippen LogP contribution in [-0.4, -0.2) is 22.8 Å². The number of nitrogens with zero attached hydrogens (tertiary/aromatic N) is 2. The van der Waals surface area contributed by atoms with E-state index in [1.165, 1.54) is 0 Å². The molecular formula is C10H17N3O. The average molecular weight is 195 g/mol. The molecule has 2 rings (SSSR count). The van der Waals surface area contributed by atoms with E-state index < -0.39 is 0 Å². The molecule has 0 spiro atoms. The van der Waals surface area contributed by atoms with Gasteiger partial charge in [0.1, 0.15) is 0 Å². The number of hydrogen-bond acceptors (Lipinski definition) is 3. The first kappa shape index (κ1) is 9.52. The van der Waals surface area contributed by atoms with E-state index >= 15 is 0 Å². The first-order chi connectivity index (χ1) is 6.70. The second-order valence-corrected chi connectivity index (χ2v) is 4.34. The Balaban J connectivity index is 2.05. The molecule has 0 unspecified atom stereocenters. The Labute approximate surface area is 84.1 Å². The topological polar surface area (TPSA) is 53.1 Å². The van der Waals surface area contributed by atoms with Gasteiger partial charge in [0.05, 0.1) is 0 Å². The van der Waals surface area contributed by atoms with Crippen molar-refractivity contribution in [2.45, 2.75) is 26.3 Å². The summed E-state index contributed by atoms with van der Waals surface area (Å²) < 4.78 is 7.38. The van der Waals surface area contributed by atoms with Gasteiger partial charge >= 0.3 is 0 Å². The van der Waals surface area contributed by atoms with Gasteiger partial charge in [-0.15, -0.1) is 0 Å². The van der Waals surface area contributed by atoms with Crippen LogP contribution in [0.3, 0.4) is 0 Å². The smallest absolute Gasteiger partial charge is 0.200 e. The SMILES string of the molecule is CC1(Cn2ccnc2N)CCOCC1. The Morgan fingerprint density at radius 3 is 2.86 bits per heavy atom. The highest BCUT2D eigenvalue weighted by Gasteiger charge is 2.28.